The number of hydrogen-bond acceptors (Lipinski definition) is 8. The maximum atomic E-state index is 12.8. The number of carbonyl (C=O) groups excluding carboxylic acids is 2. The molecule has 0 heterocycles. The van der Waals surface area contributed by atoms with Crippen LogP contribution in [0.15, 0.2) is 97.2 Å². The summed E-state index contributed by atoms with van der Waals surface area (Å²) >= 11 is 0. The maximum absolute atomic E-state index is 12.8. The third-order valence-corrected chi connectivity index (χ3v) is 11.6. The second-order valence-corrected chi connectivity index (χ2v) is 19.5. The zero-order valence-corrected chi connectivity index (χ0v) is 43.5. The minimum atomic E-state index is -4.64. The van der Waals surface area contributed by atoms with E-state index in [2.05, 4.69) is 111 Å². The molecule has 0 aliphatic heterocycles. The number of allylic oxidation sites excluding steroid dienone is 16. The van der Waals surface area contributed by atoms with Crippen LogP contribution in [0.2, 0.25) is 0 Å². The molecule has 0 saturated heterocycles. The van der Waals surface area contributed by atoms with Crippen LogP contribution in [-0.2, 0) is 32.7 Å². The normalized spacial score (nSPS) is 14.2. The number of esters is 2. The number of hydrogen-bond donors (Lipinski definition) is 0. The molecular formula is C56H96NO8P. The summed E-state index contributed by atoms with van der Waals surface area (Å²) < 4.78 is 34.1. The zero-order valence-electron chi connectivity index (χ0n) is 42.6. The molecule has 0 aromatic carbocycles. The number of rotatable bonds is 46. The van der Waals surface area contributed by atoms with Gasteiger partial charge in [-0.15, -0.1) is 0 Å². The van der Waals surface area contributed by atoms with Gasteiger partial charge >= 0.3 is 11.9 Å². The van der Waals surface area contributed by atoms with Gasteiger partial charge in [0, 0.05) is 12.8 Å². The lowest BCUT2D eigenvalue weighted by atomic mass is 10.1. The predicted octanol–water partition coefficient (Wildman–Crippen LogP) is 15.1. The first kappa shape index (κ1) is 62.9. The van der Waals surface area contributed by atoms with Crippen LogP contribution in [0, 0.1) is 0 Å². The molecule has 10 heteroatoms. The molecule has 0 aliphatic rings. The predicted molar refractivity (Wildman–Crippen MR) is 277 cm³/mol. The maximum Gasteiger partial charge on any atom is 0.306 e. The summed E-state index contributed by atoms with van der Waals surface area (Å²) in [5.41, 5.74) is 0. The fourth-order valence-electron chi connectivity index (χ4n) is 6.64. The fourth-order valence-corrected chi connectivity index (χ4v) is 7.37. The van der Waals surface area contributed by atoms with E-state index in [1.165, 1.54) is 51.4 Å². The third-order valence-electron chi connectivity index (χ3n) is 10.6. The first-order chi connectivity index (χ1) is 32.0. The van der Waals surface area contributed by atoms with Crippen LogP contribution in [0.3, 0.4) is 0 Å². The van der Waals surface area contributed by atoms with Crippen LogP contribution in [0.25, 0.3) is 0 Å². The molecule has 0 amide bonds. The number of phosphoric ester groups is 1. The van der Waals surface area contributed by atoms with Gasteiger partial charge in [-0.05, 0) is 89.9 Å². The van der Waals surface area contributed by atoms with E-state index >= 15 is 0 Å². The number of phosphoric acid groups is 1. The van der Waals surface area contributed by atoms with Gasteiger partial charge in [0.2, 0.25) is 0 Å². The molecule has 0 bridgehead atoms. The van der Waals surface area contributed by atoms with Gasteiger partial charge in [-0.1, -0.05) is 188 Å². The van der Waals surface area contributed by atoms with E-state index in [-0.39, 0.29) is 26.1 Å². The summed E-state index contributed by atoms with van der Waals surface area (Å²) in [6.07, 6.45) is 62.9. The van der Waals surface area contributed by atoms with E-state index in [9.17, 15) is 19.0 Å². The molecule has 2 unspecified atom stereocenters. The van der Waals surface area contributed by atoms with Crippen molar-refractivity contribution in [1.82, 2.24) is 0 Å². The monoisotopic (exact) mass is 942 g/mol. The Labute approximate surface area is 404 Å². The Kier molecular flexibility index (Phi) is 44.8. The molecule has 0 aromatic rings. The third kappa shape index (κ3) is 50.3. The van der Waals surface area contributed by atoms with Gasteiger partial charge in [0.05, 0.1) is 27.7 Å². The van der Waals surface area contributed by atoms with E-state index < -0.39 is 32.5 Å². The standard InChI is InChI=1S/C56H96NO8P/c1-6-8-10-12-14-16-18-20-22-24-26-28-30-32-34-36-38-40-42-44-46-48-55(58)62-52-54(53-64-66(60,61)63-51-50-57(3,4)5)65-56(59)49-47-45-43-41-39-37-35-33-31-29-27-25-23-21-19-17-15-13-11-9-7-2/h8-11,14-17,20-23,26-29,54H,6-7,12-13,18-19,24-25,30-53H2,1-5H3/b10-8-,11-9-,16-14-,17-15-,22-20-,23-21-,28-26-,29-27-. The second-order valence-electron chi connectivity index (χ2n) is 18.1. The molecule has 0 fully saturated rings. The van der Waals surface area contributed by atoms with Crippen LogP contribution in [-0.4, -0.2) is 70.0 Å². The minimum Gasteiger partial charge on any atom is -0.756 e. The average Bonchev–Trinajstić information content (AvgIpc) is 3.27. The van der Waals surface area contributed by atoms with E-state index in [1.54, 1.807) is 0 Å². The average molecular weight is 942 g/mol. The number of carbonyl (C=O) groups is 2. The first-order valence-electron chi connectivity index (χ1n) is 25.9. The van der Waals surface area contributed by atoms with E-state index in [1.807, 2.05) is 21.1 Å². The molecular weight excluding hydrogens is 846 g/mol. The second kappa shape index (κ2) is 47.0. The van der Waals surface area contributed by atoms with Crippen molar-refractivity contribution >= 4 is 19.8 Å². The van der Waals surface area contributed by atoms with Crippen molar-refractivity contribution in [3.8, 4) is 0 Å². The van der Waals surface area contributed by atoms with Gasteiger partial charge in [0.15, 0.2) is 6.10 Å². The highest BCUT2D eigenvalue weighted by molar-refractivity contribution is 7.45. The van der Waals surface area contributed by atoms with E-state index in [0.29, 0.717) is 23.9 Å². The van der Waals surface area contributed by atoms with Crippen molar-refractivity contribution in [2.45, 2.75) is 200 Å². The smallest absolute Gasteiger partial charge is 0.306 e. The number of ether oxygens (including phenoxy) is 2. The van der Waals surface area contributed by atoms with Gasteiger partial charge in [0.1, 0.15) is 19.8 Å². The van der Waals surface area contributed by atoms with Crippen LogP contribution < -0.4 is 4.89 Å². The van der Waals surface area contributed by atoms with Gasteiger partial charge < -0.3 is 27.9 Å². The lowest BCUT2D eigenvalue weighted by Crippen LogP contribution is -2.37. The SMILES string of the molecule is CC/C=C\C/C=C\C/C=C\C/C=C\CCCCCCCCCCC(=O)OCC(COP(=O)([O-])OCC[N+](C)(C)C)OC(=O)CCCCCCCCCC/C=C\C/C=C\C/C=C\C/C=C\CC. The van der Waals surface area contributed by atoms with Crippen molar-refractivity contribution in [1.29, 1.82) is 0 Å². The Balaban J connectivity index is 4.29. The number of nitrogens with zero attached hydrogens (tertiary/aromatic N) is 1. The Morgan fingerprint density at radius 2 is 0.818 bits per heavy atom. The molecule has 0 aliphatic carbocycles. The highest BCUT2D eigenvalue weighted by atomic mass is 31.2. The van der Waals surface area contributed by atoms with Crippen molar-refractivity contribution in [2.75, 3.05) is 47.5 Å². The van der Waals surface area contributed by atoms with Crippen LogP contribution >= 0.6 is 7.82 Å². The minimum absolute atomic E-state index is 0.0393. The molecule has 0 rings (SSSR count). The fraction of sp³-hybridized carbons (Fsp3) is 0.679. The topological polar surface area (TPSA) is 111 Å². The van der Waals surface area contributed by atoms with Gasteiger partial charge in [-0.3, -0.25) is 14.2 Å². The summed E-state index contributed by atoms with van der Waals surface area (Å²) in [4.78, 5) is 37.8. The van der Waals surface area contributed by atoms with Crippen LogP contribution in [0.1, 0.15) is 194 Å². The Hall–Kier alpha value is -3.07. The largest absolute Gasteiger partial charge is 0.756 e. The van der Waals surface area contributed by atoms with Crippen LogP contribution in [0.5, 0.6) is 0 Å². The molecule has 0 spiro atoms. The first-order valence-corrected chi connectivity index (χ1v) is 27.4. The van der Waals surface area contributed by atoms with E-state index in [4.69, 9.17) is 18.5 Å². The van der Waals surface area contributed by atoms with Crippen molar-refractivity contribution in [3.63, 3.8) is 0 Å². The summed E-state index contributed by atoms with van der Waals surface area (Å²) in [6, 6.07) is 0. The van der Waals surface area contributed by atoms with E-state index in [0.717, 1.165) is 103 Å². The quantitative estimate of drug-likeness (QED) is 0.0195. The number of likely N-dealkylation sites (N-methyl/N-ethyl adjacent to an activating group) is 1. The van der Waals surface area contributed by atoms with Gasteiger partial charge in [-0.2, -0.15) is 0 Å². The zero-order chi connectivity index (χ0) is 48.5. The molecule has 378 valence electrons. The summed E-state index contributed by atoms with van der Waals surface area (Å²) in [6.45, 7) is 3.98. The highest BCUT2D eigenvalue weighted by Gasteiger charge is 2.21. The Morgan fingerprint density at radius 1 is 0.470 bits per heavy atom. The lowest BCUT2D eigenvalue weighted by Gasteiger charge is -2.28. The van der Waals surface area contributed by atoms with Crippen molar-refractivity contribution in [3.05, 3.63) is 97.2 Å². The molecule has 9 nitrogen and oxygen atoms in total. The van der Waals surface area contributed by atoms with Gasteiger partial charge in [-0.25, -0.2) is 0 Å². The van der Waals surface area contributed by atoms with Gasteiger partial charge in [0.25, 0.3) is 7.82 Å². The molecule has 2 atom stereocenters. The molecule has 0 saturated carbocycles. The Morgan fingerprint density at radius 3 is 1.21 bits per heavy atom. The summed E-state index contributed by atoms with van der Waals surface area (Å²) in [5.74, 6) is -0.858. The molecule has 0 radical (unpaired) electrons. The van der Waals surface area contributed by atoms with Crippen molar-refractivity contribution in [2.24, 2.45) is 0 Å². The number of quaternary nitrogens is 1. The summed E-state index contributed by atoms with van der Waals surface area (Å²) in [7, 11) is 1.14. The molecule has 0 N–H and O–H groups in total. The van der Waals surface area contributed by atoms with Crippen molar-refractivity contribution < 1.29 is 42.1 Å². The highest BCUT2D eigenvalue weighted by Crippen LogP contribution is 2.38. The summed E-state index contributed by atoms with van der Waals surface area (Å²) in [5, 5.41) is 0. The van der Waals surface area contributed by atoms with Crippen LogP contribution in [0.4, 0.5) is 0 Å². The molecule has 0 aromatic heterocycles. The molecule has 66 heavy (non-hydrogen) atoms. The Bertz CT molecular complexity index is 1440. The number of unbranched alkanes of at least 4 members (excludes halogenated alkanes) is 16. The lowest BCUT2D eigenvalue weighted by molar-refractivity contribution is -0.870.